The fourth-order valence-corrected chi connectivity index (χ4v) is 3.61. The molecule has 0 radical (unpaired) electrons. The molecule has 4 heteroatoms. The van der Waals surface area contributed by atoms with E-state index < -0.39 is 0 Å². The summed E-state index contributed by atoms with van der Waals surface area (Å²) in [6, 6.07) is 6.20. The van der Waals surface area contributed by atoms with E-state index in [4.69, 9.17) is 0 Å². The molecule has 19 heavy (non-hydrogen) atoms. The summed E-state index contributed by atoms with van der Waals surface area (Å²) in [5.41, 5.74) is 1.10. The van der Waals surface area contributed by atoms with Crippen LogP contribution in [-0.4, -0.2) is 36.2 Å². The zero-order chi connectivity index (χ0) is 13.2. The summed E-state index contributed by atoms with van der Waals surface area (Å²) in [5.74, 6) is 1.15. The van der Waals surface area contributed by atoms with Gasteiger partial charge in [-0.1, -0.05) is 22.4 Å². The first-order valence-corrected chi connectivity index (χ1v) is 7.98. The van der Waals surface area contributed by atoms with E-state index in [9.17, 15) is 5.11 Å². The molecule has 1 atom stereocenters. The van der Waals surface area contributed by atoms with Crippen molar-refractivity contribution >= 4 is 15.9 Å². The Labute approximate surface area is 123 Å². The standard InChI is InChI=1S/C15H21BrN2O/c16-12-4-5-14(19)13(10-12)15(11-2-1-3-11)18-8-6-17-7-9-18/h4-5,10-11,15,17,19H,1-3,6-9H2/t15-/m0/s1. The molecule has 0 bridgehead atoms. The minimum absolute atomic E-state index is 0.383. The minimum atomic E-state index is 0.383. The number of aromatic hydroxyl groups is 1. The Balaban J connectivity index is 1.90. The normalized spacial score (nSPS) is 23.0. The number of rotatable bonds is 3. The second kappa shape index (κ2) is 5.81. The first-order chi connectivity index (χ1) is 9.25. The highest BCUT2D eigenvalue weighted by Crippen LogP contribution is 2.44. The maximum atomic E-state index is 10.2. The first kappa shape index (κ1) is 13.4. The molecule has 3 rings (SSSR count). The Morgan fingerprint density at radius 1 is 1.26 bits per heavy atom. The molecule has 0 unspecified atom stereocenters. The first-order valence-electron chi connectivity index (χ1n) is 7.19. The highest BCUT2D eigenvalue weighted by molar-refractivity contribution is 9.10. The van der Waals surface area contributed by atoms with Gasteiger partial charge in [-0.05, 0) is 37.0 Å². The number of piperazine rings is 1. The molecule has 0 amide bonds. The Bertz CT molecular complexity index is 442. The molecule has 1 aromatic rings. The summed E-state index contributed by atoms with van der Waals surface area (Å²) in [5, 5.41) is 13.6. The van der Waals surface area contributed by atoms with Crippen LogP contribution in [0, 0.1) is 5.92 Å². The van der Waals surface area contributed by atoms with Crippen molar-refractivity contribution in [3.8, 4) is 5.75 Å². The van der Waals surface area contributed by atoms with E-state index in [1.165, 1.54) is 19.3 Å². The van der Waals surface area contributed by atoms with Gasteiger partial charge >= 0.3 is 0 Å². The van der Waals surface area contributed by atoms with Crippen LogP contribution in [0.2, 0.25) is 0 Å². The van der Waals surface area contributed by atoms with Gasteiger partial charge in [0.15, 0.2) is 0 Å². The highest BCUT2D eigenvalue weighted by Gasteiger charge is 2.34. The fraction of sp³-hybridized carbons (Fsp3) is 0.600. The molecule has 0 aromatic heterocycles. The van der Waals surface area contributed by atoms with Crippen LogP contribution in [0.15, 0.2) is 22.7 Å². The number of benzene rings is 1. The van der Waals surface area contributed by atoms with Gasteiger partial charge in [0.1, 0.15) is 5.75 Å². The summed E-state index contributed by atoms with van der Waals surface area (Å²) >= 11 is 3.54. The third-order valence-corrected chi connectivity index (χ3v) is 4.94. The maximum Gasteiger partial charge on any atom is 0.120 e. The van der Waals surface area contributed by atoms with Gasteiger partial charge in [0.2, 0.25) is 0 Å². The van der Waals surface area contributed by atoms with Crippen LogP contribution in [0.1, 0.15) is 30.9 Å². The number of nitrogens with one attached hydrogen (secondary N) is 1. The van der Waals surface area contributed by atoms with E-state index in [1.54, 1.807) is 0 Å². The number of phenolic OH excluding ortho intramolecular Hbond substituents is 1. The van der Waals surface area contributed by atoms with Crippen LogP contribution >= 0.6 is 15.9 Å². The predicted octanol–water partition coefficient (Wildman–Crippen LogP) is 2.90. The SMILES string of the molecule is Oc1ccc(Br)cc1[C@H](C1CCC1)N1CCNCC1. The van der Waals surface area contributed by atoms with Gasteiger partial charge in [0, 0.05) is 42.3 Å². The summed E-state index contributed by atoms with van der Waals surface area (Å²) in [6.07, 6.45) is 3.92. The second-order valence-electron chi connectivity index (χ2n) is 5.62. The third kappa shape index (κ3) is 2.81. The maximum absolute atomic E-state index is 10.2. The highest BCUT2D eigenvalue weighted by atomic mass is 79.9. The second-order valence-corrected chi connectivity index (χ2v) is 6.54. The predicted molar refractivity (Wildman–Crippen MR) is 80.3 cm³/mol. The van der Waals surface area contributed by atoms with Crippen LogP contribution in [0.25, 0.3) is 0 Å². The van der Waals surface area contributed by atoms with Gasteiger partial charge < -0.3 is 10.4 Å². The number of halogens is 1. The lowest BCUT2D eigenvalue weighted by Gasteiger charge is -2.43. The van der Waals surface area contributed by atoms with Crippen molar-refractivity contribution in [1.82, 2.24) is 10.2 Å². The van der Waals surface area contributed by atoms with Gasteiger partial charge in [-0.15, -0.1) is 0 Å². The number of hydrogen-bond acceptors (Lipinski definition) is 3. The fourth-order valence-electron chi connectivity index (χ4n) is 3.23. The quantitative estimate of drug-likeness (QED) is 0.897. The lowest BCUT2D eigenvalue weighted by Crippen LogP contribution is -2.47. The summed E-state index contributed by atoms with van der Waals surface area (Å²) in [7, 11) is 0. The van der Waals surface area contributed by atoms with Gasteiger partial charge in [0.25, 0.3) is 0 Å². The topological polar surface area (TPSA) is 35.5 Å². The van der Waals surface area contributed by atoms with E-state index in [-0.39, 0.29) is 0 Å². The molecule has 1 aliphatic heterocycles. The van der Waals surface area contributed by atoms with Gasteiger partial charge in [-0.3, -0.25) is 4.90 Å². The molecular weight excluding hydrogens is 304 g/mol. The molecule has 3 nitrogen and oxygen atoms in total. The monoisotopic (exact) mass is 324 g/mol. The lowest BCUT2D eigenvalue weighted by atomic mass is 9.76. The molecular formula is C15H21BrN2O. The smallest absolute Gasteiger partial charge is 0.120 e. The molecule has 0 spiro atoms. The van der Waals surface area contributed by atoms with Crippen LogP contribution in [0.4, 0.5) is 0 Å². The van der Waals surface area contributed by atoms with E-state index in [2.05, 4.69) is 32.2 Å². The van der Waals surface area contributed by atoms with Crippen LogP contribution in [-0.2, 0) is 0 Å². The number of phenols is 1. The lowest BCUT2D eigenvalue weighted by molar-refractivity contribution is 0.0819. The molecule has 2 aliphatic rings. The van der Waals surface area contributed by atoms with E-state index in [1.807, 2.05) is 12.1 Å². The van der Waals surface area contributed by atoms with Crippen molar-refractivity contribution in [3.05, 3.63) is 28.2 Å². The zero-order valence-corrected chi connectivity index (χ0v) is 12.7. The summed E-state index contributed by atoms with van der Waals surface area (Å²) in [4.78, 5) is 2.54. The number of nitrogens with zero attached hydrogens (tertiary/aromatic N) is 1. The summed E-state index contributed by atoms with van der Waals surface area (Å²) in [6.45, 7) is 4.26. The largest absolute Gasteiger partial charge is 0.508 e. The molecule has 1 aromatic carbocycles. The van der Waals surface area contributed by atoms with Gasteiger partial charge in [-0.2, -0.15) is 0 Å². The van der Waals surface area contributed by atoms with Crippen LogP contribution < -0.4 is 5.32 Å². The van der Waals surface area contributed by atoms with Crippen LogP contribution in [0.3, 0.4) is 0 Å². The molecule has 1 saturated carbocycles. The Hall–Kier alpha value is -0.580. The molecule has 1 saturated heterocycles. The Morgan fingerprint density at radius 3 is 2.63 bits per heavy atom. The molecule has 1 heterocycles. The van der Waals surface area contributed by atoms with Crippen molar-refractivity contribution in [1.29, 1.82) is 0 Å². The van der Waals surface area contributed by atoms with Crippen molar-refractivity contribution in [2.45, 2.75) is 25.3 Å². The van der Waals surface area contributed by atoms with Gasteiger partial charge in [-0.25, -0.2) is 0 Å². The molecule has 1 aliphatic carbocycles. The van der Waals surface area contributed by atoms with Gasteiger partial charge in [0.05, 0.1) is 0 Å². The van der Waals surface area contributed by atoms with Crippen molar-refractivity contribution in [3.63, 3.8) is 0 Å². The van der Waals surface area contributed by atoms with Crippen molar-refractivity contribution in [2.24, 2.45) is 5.92 Å². The third-order valence-electron chi connectivity index (χ3n) is 4.45. The molecule has 2 fully saturated rings. The van der Waals surface area contributed by atoms with E-state index >= 15 is 0 Å². The Kier molecular flexibility index (Phi) is 4.10. The average Bonchev–Trinajstić information content (AvgIpc) is 2.38. The van der Waals surface area contributed by atoms with Crippen molar-refractivity contribution < 1.29 is 5.11 Å². The average molecular weight is 325 g/mol. The van der Waals surface area contributed by atoms with E-state index in [0.29, 0.717) is 17.7 Å². The Morgan fingerprint density at radius 2 is 2.00 bits per heavy atom. The number of hydrogen-bond donors (Lipinski definition) is 2. The van der Waals surface area contributed by atoms with E-state index in [0.717, 1.165) is 36.2 Å². The van der Waals surface area contributed by atoms with Crippen molar-refractivity contribution in [2.75, 3.05) is 26.2 Å². The zero-order valence-electron chi connectivity index (χ0n) is 11.1. The molecule has 104 valence electrons. The minimum Gasteiger partial charge on any atom is -0.508 e. The molecule has 2 N–H and O–H groups in total. The summed E-state index contributed by atoms with van der Waals surface area (Å²) < 4.78 is 1.06. The van der Waals surface area contributed by atoms with Crippen LogP contribution in [0.5, 0.6) is 5.75 Å².